The maximum atomic E-state index is 12.1. The summed E-state index contributed by atoms with van der Waals surface area (Å²) < 4.78 is 10.5. The van der Waals surface area contributed by atoms with Crippen molar-refractivity contribution in [3.8, 4) is 11.5 Å². The standard InChI is InChI=1S/C18H19ClN2O4/c1-24-16-8-7-13(19)11-15(16)18(23)21-10-9-20-17(22)12-25-14-5-3-2-4-6-14/h2-8,11H,9-10,12H2,1H3,(H,20,22)(H,21,23). The Balaban J connectivity index is 1.71. The van der Waals surface area contributed by atoms with E-state index in [1.54, 1.807) is 24.3 Å². The van der Waals surface area contributed by atoms with Crippen molar-refractivity contribution in [1.82, 2.24) is 10.6 Å². The SMILES string of the molecule is COc1ccc(Cl)cc1C(=O)NCCNC(=O)COc1ccccc1. The molecule has 0 unspecified atom stereocenters. The number of amides is 2. The lowest BCUT2D eigenvalue weighted by atomic mass is 10.2. The van der Waals surface area contributed by atoms with Crippen LogP contribution in [0.25, 0.3) is 0 Å². The van der Waals surface area contributed by atoms with Crippen LogP contribution in [-0.4, -0.2) is 38.6 Å². The second-order valence-electron chi connectivity index (χ2n) is 5.05. The minimum Gasteiger partial charge on any atom is -0.496 e. The molecule has 0 aliphatic rings. The van der Waals surface area contributed by atoms with Crippen LogP contribution in [0.4, 0.5) is 0 Å². The lowest BCUT2D eigenvalue weighted by molar-refractivity contribution is -0.123. The number of nitrogens with one attached hydrogen (secondary N) is 2. The van der Waals surface area contributed by atoms with E-state index in [2.05, 4.69) is 10.6 Å². The highest BCUT2D eigenvalue weighted by atomic mass is 35.5. The summed E-state index contributed by atoms with van der Waals surface area (Å²) in [5.41, 5.74) is 0.341. The predicted octanol–water partition coefficient (Wildman–Crippen LogP) is 2.27. The number of methoxy groups -OCH3 is 1. The van der Waals surface area contributed by atoms with Crippen molar-refractivity contribution >= 4 is 23.4 Å². The van der Waals surface area contributed by atoms with Gasteiger partial charge in [0, 0.05) is 18.1 Å². The van der Waals surface area contributed by atoms with Gasteiger partial charge in [0.15, 0.2) is 6.61 Å². The van der Waals surface area contributed by atoms with Crippen LogP contribution in [0.1, 0.15) is 10.4 Å². The Bertz CT molecular complexity index is 722. The van der Waals surface area contributed by atoms with Crippen LogP contribution in [0.5, 0.6) is 11.5 Å². The van der Waals surface area contributed by atoms with E-state index in [4.69, 9.17) is 21.1 Å². The number of hydrogen-bond donors (Lipinski definition) is 2. The first-order chi connectivity index (χ1) is 12.1. The molecule has 0 heterocycles. The van der Waals surface area contributed by atoms with Gasteiger partial charge in [-0.05, 0) is 30.3 Å². The normalized spacial score (nSPS) is 10.0. The van der Waals surface area contributed by atoms with Crippen LogP contribution in [-0.2, 0) is 4.79 Å². The Morgan fingerprint density at radius 3 is 2.48 bits per heavy atom. The average molecular weight is 363 g/mol. The van der Waals surface area contributed by atoms with Crippen LogP contribution in [0, 0.1) is 0 Å². The first-order valence-corrected chi connectivity index (χ1v) is 8.04. The lowest BCUT2D eigenvalue weighted by Crippen LogP contribution is -2.36. The molecule has 2 N–H and O–H groups in total. The molecule has 2 aromatic carbocycles. The molecular formula is C18H19ClN2O4. The minimum atomic E-state index is -0.325. The van der Waals surface area contributed by atoms with Gasteiger partial charge in [0.2, 0.25) is 0 Å². The number of rotatable bonds is 8. The summed E-state index contributed by atoms with van der Waals surface area (Å²) in [6.45, 7) is 0.470. The zero-order valence-electron chi connectivity index (χ0n) is 13.8. The average Bonchev–Trinajstić information content (AvgIpc) is 2.64. The summed E-state index contributed by atoms with van der Waals surface area (Å²) in [6, 6.07) is 13.9. The van der Waals surface area contributed by atoms with Crippen LogP contribution in [0.2, 0.25) is 5.02 Å². The zero-order valence-corrected chi connectivity index (χ0v) is 14.5. The van der Waals surface area contributed by atoms with Gasteiger partial charge in [-0.3, -0.25) is 9.59 Å². The minimum absolute atomic E-state index is 0.0833. The van der Waals surface area contributed by atoms with Gasteiger partial charge in [0.05, 0.1) is 12.7 Å². The van der Waals surface area contributed by atoms with Crippen molar-refractivity contribution in [2.75, 3.05) is 26.8 Å². The molecular weight excluding hydrogens is 344 g/mol. The molecule has 0 radical (unpaired) electrons. The fraction of sp³-hybridized carbons (Fsp3) is 0.222. The molecule has 0 aliphatic heterocycles. The van der Waals surface area contributed by atoms with E-state index in [1.807, 2.05) is 18.2 Å². The van der Waals surface area contributed by atoms with E-state index < -0.39 is 0 Å². The van der Waals surface area contributed by atoms with Crippen LogP contribution < -0.4 is 20.1 Å². The molecule has 132 valence electrons. The van der Waals surface area contributed by atoms with E-state index >= 15 is 0 Å². The lowest BCUT2D eigenvalue weighted by Gasteiger charge is -2.10. The third-order valence-electron chi connectivity index (χ3n) is 3.25. The van der Waals surface area contributed by atoms with Crippen molar-refractivity contribution in [2.24, 2.45) is 0 Å². The van der Waals surface area contributed by atoms with Gasteiger partial charge in [0.1, 0.15) is 11.5 Å². The summed E-state index contributed by atoms with van der Waals surface area (Å²) in [6.07, 6.45) is 0. The number of carbonyl (C=O) groups is 2. The summed E-state index contributed by atoms with van der Waals surface area (Å²) in [5, 5.41) is 5.80. The smallest absolute Gasteiger partial charge is 0.258 e. The highest BCUT2D eigenvalue weighted by Crippen LogP contribution is 2.22. The molecule has 0 saturated carbocycles. The highest BCUT2D eigenvalue weighted by molar-refractivity contribution is 6.31. The molecule has 0 fully saturated rings. The second kappa shape index (κ2) is 9.54. The van der Waals surface area contributed by atoms with Crippen molar-refractivity contribution < 1.29 is 19.1 Å². The Morgan fingerprint density at radius 2 is 1.76 bits per heavy atom. The molecule has 2 rings (SSSR count). The van der Waals surface area contributed by atoms with Gasteiger partial charge >= 0.3 is 0 Å². The molecule has 2 aromatic rings. The van der Waals surface area contributed by atoms with Gasteiger partial charge in [0.25, 0.3) is 11.8 Å². The van der Waals surface area contributed by atoms with Crippen molar-refractivity contribution in [2.45, 2.75) is 0 Å². The fourth-order valence-corrected chi connectivity index (χ4v) is 2.22. The molecule has 0 spiro atoms. The first kappa shape index (κ1) is 18.6. The predicted molar refractivity (Wildman–Crippen MR) is 95.3 cm³/mol. The quantitative estimate of drug-likeness (QED) is 0.706. The maximum Gasteiger partial charge on any atom is 0.258 e. The molecule has 7 heteroatoms. The Kier molecular flexibility index (Phi) is 7.10. The Labute approximate surface area is 151 Å². The summed E-state index contributed by atoms with van der Waals surface area (Å²) in [5.74, 6) is 0.466. The molecule has 0 atom stereocenters. The van der Waals surface area contributed by atoms with Gasteiger partial charge in [-0.15, -0.1) is 0 Å². The highest BCUT2D eigenvalue weighted by Gasteiger charge is 2.12. The summed E-state index contributed by atoms with van der Waals surface area (Å²) >= 11 is 5.90. The van der Waals surface area contributed by atoms with Gasteiger partial charge in [-0.25, -0.2) is 0 Å². The Morgan fingerprint density at radius 1 is 1.04 bits per heavy atom. The van der Waals surface area contributed by atoms with Gasteiger partial charge in [-0.2, -0.15) is 0 Å². The molecule has 6 nitrogen and oxygen atoms in total. The van der Waals surface area contributed by atoms with Gasteiger partial charge in [-0.1, -0.05) is 29.8 Å². The third kappa shape index (κ3) is 6.00. The van der Waals surface area contributed by atoms with Crippen molar-refractivity contribution in [3.63, 3.8) is 0 Å². The largest absolute Gasteiger partial charge is 0.496 e. The number of para-hydroxylation sites is 1. The molecule has 0 saturated heterocycles. The maximum absolute atomic E-state index is 12.1. The van der Waals surface area contributed by atoms with Gasteiger partial charge < -0.3 is 20.1 Å². The van der Waals surface area contributed by atoms with E-state index in [9.17, 15) is 9.59 Å². The number of benzene rings is 2. The fourth-order valence-electron chi connectivity index (χ4n) is 2.05. The van der Waals surface area contributed by atoms with E-state index in [-0.39, 0.29) is 31.5 Å². The van der Waals surface area contributed by atoms with Crippen LogP contribution in [0.3, 0.4) is 0 Å². The van der Waals surface area contributed by atoms with Crippen LogP contribution in [0.15, 0.2) is 48.5 Å². The monoisotopic (exact) mass is 362 g/mol. The Hall–Kier alpha value is -2.73. The number of ether oxygens (including phenoxy) is 2. The molecule has 0 aromatic heterocycles. The molecule has 0 aliphatic carbocycles. The van der Waals surface area contributed by atoms with Crippen molar-refractivity contribution in [3.05, 3.63) is 59.1 Å². The van der Waals surface area contributed by atoms with Crippen LogP contribution >= 0.6 is 11.6 Å². The second-order valence-corrected chi connectivity index (χ2v) is 5.49. The number of hydrogen-bond acceptors (Lipinski definition) is 4. The topological polar surface area (TPSA) is 76.7 Å². The van der Waals surface area contributed by atoms with E-state index in [0.717, 1.165) is 0 Å². The molecule has 2 amide bonds. The number of carbonyl (C=O) groups excluding carboxylic acids is 2. The zero-order chi connectivity index (χ0) is 18.1. The number of halogens is 1. The molecule has 25 heavy (non-hydrogen) atoms. The summed E-state index contributed by atoms with van der Waals surface area (Å²) in [4.78, 5) is 23.8. The third-order valence-corrected chi connectivity index (χ3v) is 3.49. The van der Waals surface area contributed by atoms with E-state index in [1.165, 1.54) is 13.2 Å². The first-order valence-electron chi connectivity index (χ1n) is 7.66. The summed E-state index contributed by atoms with van der Waals surface area (Å²) in [7, 11) is 1.48. The van der Waals surface area contributed by atoms with E-state index in [0.29, 0.717) is 22.1 Å². The molecule has 0 bridgehead atoms. The van der Waals surface area contributed by atoms with Crippen molar-refractivity contribution in [1.29, 1.82) is 0 Å².